The quantitative estimate of drug-likeness (QED) is 0.530. The minimum atomic E-state index is 0.185. The minimum absolute atomic E-state index is 0.185. The normalized spacial score (nSPS) is 12.7. The van der Waals surface area contributed by atoms with E-state index in [0.717, 1.165) is 15.8 Å². The summed E-state index contributed by atoms with van der Waals surface area (Å²) in [5.74, 6) is 0. The van der Waals surface area contributed by atoms with E-state index in [1.54, 1.807) is 0 Å². The van der Waals surface area contributed by atoms with E-state index in [1.807, 2.05) is 24.5 Å². The molecule has 2 heterocycles. The minimum Gasteiger partial charge on any atom is -0.331 e. The average molecular weight is 381 g/mol. The van der Waals surface area contributed by atoms with Crippen LogP contribution in [0.15, 0.2) is 42.7 Å². The van der Waals surface area contributed by atoms with Crippen LogP contribution in [0.2, 0.25) is 0 Å². The highest BCUT2D eigenvalue weighted by atomic mass is 127. The second kappa shape index (κ2) is 5.05. The second-order valence-corrected chi connectivity index (χ2v) is 6.05. The largest absolute Gasteiger partial charge is 0.331 e. The predicted octanol–water partition coefficient (Wildman–Crippen LogP) is 4.31. The highest BCUT2D eigenvalue weighted by molar-refractivity contribution is 14.1. The number of H-pyrrole nitrogens is 1. The number of rotatable bonds is 2. The van der Waals surface area contributed by atoms with E-state index in [0.29, 0.717) is 0 Å². The lowest BCUT2D eigenvalue weighted by molar-refractivity contribution is 0.648. The van der Waals surface area contributed by atoms with Gasteiger partial charge in [0.1, 0.15) is 0 Å². The van der Waals surface area contributed by atoms with E-state index < -0.39 is 0 Å². The lowest BCUT2D eigenvalue weighted by atomic mass is 10.1. The molecule has 0 fully saturated rings. The number of nitrogens with zero attached hydrogens (tertiary/aromatic N) is 2. The molecule has 3 aromatic rings. The maximum atomic E-state index is 5.46. The molecule has 0 saturated carbocycles. The fraction of sp³-hybridized carbons (Fsp3) is 0.143. The van der Waals surface area contributed by atoms with Gasteiger partial charge in [-0.2, -0.15) is 0 Å². The van der Waals surface area contributed by atoms with Gasteiger partial charge in [-0.15, -0.1) is 0 Å². The smallest absolute Gasteiger partial charge is 0.178 e. The molecule has 0 aliphatic heterocycles. The fourth-order valence-electron chi connectivity index (χ4n) is 2.28. The average Bonchev–Trinajstić information content (AvgIpc) is 2.74. The SMILES string of the molecule is CC(c1ccncc1)n1c(=S)[nH]c2cc(I)ccc21. The summed E-state index contributed by atoms with van der Waals surface area (Å²) in [5, 5.41) is 0. The molecule has 0 aliphatic rings. The number of aromatic amines is 1. The third-order valence-electron chi connectivity index (χ3n) is 3.25. The zero-order chi connectivity index (χ0) is 13.4. The number of fused-ring (bicyclic) bond motifs is 1. The maximum Gasteiger partial charge on any atom is 0.178 e. The van der Waals surface area contributed by atoms with Crippen molar-refractivity contribution in [1.29, 1.82) is 0 Å². The highest BCUT2D eigenvalue weighted by Gasteiger charge is 2.12. The van der Waals surface area contributed by atoms with E-state index in [4.69, 9.17) is 12.2 Å². The van der Waals surface area contributed by atoms with Crippen molar-refractivity contribution in [3.8, 4) is 0 Å². The van der Waals surface area contributed by atoms with Crippen LogP contribution in [0.3, 0.4) is 0 Å². The Morgan fingerprint density at radius 1 is 1.26 bits per heavy atom. The Morgan fingerprint density at radius 2 is 2.00 bits per heavy atom. The summed E-state index contributed by atoms with van der Waals surface area (Å²) >= 11 is 7.77. The van der Waals surface area contributed by atoms with Crippen LogP contribution < -0.4 is 0 Å². The molecule has 0 bridgehead atoms. The molecule has 0 aliphatic carbocycles. The first-order valence-electron chi connectivity index (χ1n) is 5.96. The number of hydrogen-bond acceptors (Lipinski definition) is 2. The second-order valence-electron chi connectivity index (χ2n) is 4.42. The molecule has 0 saturated heterocycles. The van der Waals surface area contributed by atoms with Crippen molar-refractivity contribution in [3.05, 3.63) is 56.6 Å². The molecule has 2 aromatic heterocycles. The van der Waals surface area contributed by atoms with Crippen molar-refractivity contribution < 1.29 is 0 Å². The molecule has 5 heteroatoms. The molecule has 96 valence electrons. The molecule has 19 heavy (non-hydrogen) atoms. The monoisotopic (exact) mass is 381 g/mol. The Bertz CT molecular complexity index is 776. The Labute approximate surface area is 129 Å². The molecule has 1 N–H and O–H groups in total. The molecule has 3 rings (SSSR count). The Morgan fingerprint density at radius 3 is 2.74 bits per heavy atom. The lowest BCUT2D eigenvalue weighted by Gasteiger charge is -2.14. The number of halogens is 1. The van der Waals surface area contributed by atoms with Crippen molar-refractivity contribution in [2.24, 2.45) is 0 Å². The van der Waals surface area contributed by atoms with Gasteiger partial charge in [0.2, 0.25) is 0 Å². The van der Waals surface area contributed by atoms with Gasteiger partial charge >= 0.3 is 0 Å². The van der Waals surface area contributed by atoms with Crippen molar-refractivity contribution in [3.63, 3.8) is 0 Å². The van der Waals surface area contributed by atoms with Crippen molar-refractivity contribution >= 4 is 45.8 Å². The first-order valence-corrected chi connectivity index (χ1v) is 7.45. The van der Waals surface area contributed by atoms with Crippen molar-refractivity contribution in [1.82, 2.24) is 14.5 Å². The number of imidazole rings is 1. The third kappa shape index (κ3) is 2.32. The molecule has 0 spiro atoms. The third-order valence-corrected chi connectivity index (χ3v) is 4.22. The first kappa shape index (κ1) is 12.8. The number of nitrogens with one attached hydrogen (secondary N) is 1. The van der Waals surface area contributed by atoms with E-state index in [2.05, 4.69) is 62.2 Å². The Kier molecular flexibility index (Phi) is 3.40. The summed E-state index contributed by atoms with van der Waals surface area (Å²) in [6.45, 7) is 2.15. The lowest BCUT2D eigenvalue weighted by Crippen LogP contribution is -2.06. The van der Waals surface area contributed by atoms with Gasteiger partial charge in [0, 0.05) is 16.0 Å². The summed E-state index contributed by atoms with van der Waals surface area (Å²) in [5.41, 5.74) is 3.41. The summed E-state index contributed by atoms with van der Waals surface area (Å²) in [4.78, 5) is 7.34. The number of benzene rings is 1. The van der Waals surface area contributed by atoms with Gasteiger partial charge in [-0.3, -0.25) is 4.98 Å². The van der Waals surface area contributed by atoms with E-state index >= 15 is 0 Å². The number of hydrogen-bond donors (Lipinski definition) is 1. The molecule has 0 amide bonds. The fourth-order valence-corrected chi connectivity index (χ4v) is 3.14. The van der Waals surface area contributed by atoms with Gasteiger partial charge in [-0.05, 0) is 77.6 Å². The van der Waals surface area contributed by atoms with E-state index in [-0.39, 0.29) is 6.04 Å². The van der Waals surface area contributed by atoms with Crippen LogP contribution in [0, 0.1) is 8.34 Å². The van der Waals surface area contributed by atoms with E-state index in [1.165, 1.54) is 9.13 Å². The molecule has 1 aromatic carbocycles. The van der Waals surface area contributed by atoms with Crippen LogP contribution in [-0.4, -0.2) is 14.5 Å². The Hall–Kier alpha value is -1.21. The maximum absolute atomic E-state index is 5.46. The van der Waals surface area contributed by atoms with Crippen LogP contribution in [0.1, 0.15) is 18.5 Å². The zero-order valence-corrected chi connectivity index (χ0v) is 13.3. The highest BCUT2D eigenvalue weighted by Crippen LogP contribution is 2.25. The van der Waals surface area contributed by atoms with Crippen LogP contribution in [0.5, 0.6) is 0 Å². The zero-order valence-electron chi connectivity index (χ0n) is 10.3. The molecule has 1 atom stereocenters. The van der Waals surface area contributed by atoms with Gasteiger partial charge in [0.15, 0.2) is 4.77 Å². The predicted molar refractivity (Wildman–Crippen MR) is 87.9 cm³/mol. The molecular weight excluding hydrogens is 369 g/mol. The van der Waals surface area contributed by atoms with Gasteiger partial charge in [0.05, 0.1) is 17.1 Å². The standard InChI is InChI=1S/C14H12IN3S/c1-9(10-4-6-16-7-5-10)18-13-3-2-11(15)8-12(13)17-14(18)19/h2-9H,1H3,(H,17,19). The van der Waals surface area contributed by atoms with Gasteiger partial charge in [-0.1, -0.05) is 0 Å². The van der Waals surface area contributed by atoms with E-state index in [9.17, 15) is 0 Å². The van der Waals surface area contributed by atoms with Crippen LogP contribution >= 0.6 is 34.8 Å². The molecule has 3 nitrogen and oxygen atoms in total. The van der Waals surface area contributed by atoms with Gasteiger partial charge in [-0.25, -0.2) is 0 Å². The summed E-state index contributed by atoms with van der Waals surface area (Å²) in [6, 6.07) is 10.6. The summed E-state index contributed by atoms with van der Waals surface area (Å²) in [7, 11) is 0. The van der Waals surface area contributed by atoms with Crippen molar-refractivity contribution in [2.45, 2.75) is 13.0 Å². The van der Waals surface area contributed by atoms with Crippen LogP contribution in [0.4, 0.5) is 0 Å². The summed E-state index contributed by atoms with van der Waals surface area (Å²) < 4.78 is 4.10. The van der Waals surface area contributed by atoms with Gasteiger partial charge in [0.25, 0.3) is 0 Å². The molecule has 1 unspecified atom stereocenters. The summed E-state index contributed by atoms with van der Waals surface area (Å²) in [6.07, 6.45) is 3.63. The number of aromatic nitrogens is 3. The first-order chi connectivity index (χ1) is 9.16. The van der Waals surface area contributed by atoms with Gasteiger partial charge < -0.3 is 9.55 Å². The number of pyridine rings is 1. The molecular formula is C14H12IN3S. The Balaban J connectivity index is 2.20. The topological polar surface area (TPSA) is 33.6 Å². The van der Waals surface area contributed by atoms with Crippen molar-refractivity contribution in [2.75, 3.05) is 0 Å². The van der Waals surface area contributed by atoms with Crippen LogP contribution in [0.25, 0.3) is 11.0 Å². The molecule has 0 radical (unpaired) electrons. The van der Waals surface area contributed by atoms with Crippen LogP contribution in [-0.2, 0) is 0 Å².